The Labute approximate surface area is 161 Å². The van der Waals surface area contributed by atoms with Crippen LogP contribution in [0.4, 0.5) is 0 Å². The van der Waals surface area contributed by atoms with E-state index in [1.807, 2.05) is 30.0 Å². The van der Waals surface area contributed by atoms with Crippen LogP contribution in [0.15, 0.2) is 53.4 Å². The van der Waals surface area contributed by atoms with Gasteiger partial charge in [0, 0.05) is 44.5 Å². The van der Waals surface area contributed by atoms with E-state index in [1.165, 1.54) is 17.9 Å². The van der Waals surface area contributed by atoms with Gasteiger partial charge in [0.15, 0.2) is 9.84 Å². The third-order valence-corrected chi connectivity index (χ3v) is 6.10. The fourth-order valence-corrected chi connectivity index (χ4v) is 4.05. The van der Waals surface area contributed by atoms with Crippen LogP contribution in [0.2, 0.25) is 0 Å². The highest BCUT2D eigenvalue weighted by Crippen LogP contribution is 2.19. The van der Waals surface area contributed by atoms with Gasteiger partial charge < -0.3 is 4.90 Å². The highest BCUT2D eigenvalue weighted by molar-refractivity contribution is 7.90. The Bertz CT molecular complexity index is 910. The molecule has 3 rings (SSSR count). The summed E-state index contributed by atoms with van der Waals surface area (Å²) in [6.45, 7) is 5.82. The fraction of sp³-hybridized carbons (Fsp3) is 0.381. The van der Waals surface area contributed by atoms with Crippen LogP contribution in [0.3, 0.4) is 0 Å². The standard InChI is InChI=1S/C21H26N2O3S/c1-17-9-10-19(27(2,25)26)15-20(17)21(24)23-12-6-11-22(13-14-23)16-18-7-4-3-5-8-18/h3-5,7-10,15H,6,11-14,16H2,1-2H3. The Balaban J connectivity index is 1.71. The molecule has 0 unspecified atom stereocenters. The lowest BCUT2D eigenvalue weighted by molar-refractivity contribution is 0.0760. The molecule has 27 heavy (non-hydrogen) atoms. The molecule has 1 aliphatic heterocycles. The summed E-state index contributed by atoms with van der Waals surface area (Å²) in [7, 11) is -3.34. The summed E-state index contributed by atoms with van der Waals surface area (Å²) in [6, 6.07) is 15.1. The molecule has 0 N–H and O–H groups in total. The molecular weight excluding hydrogens is 360 g/mol. The van der Waals surface area contributed by atoms with E-state index < -0.39 is 9.84 Å². The second-order valence-electron chi connectivity index (χ2n) is 7.16. The summed E-state index contributed by atoms with van der Waals surface area (Å²) >= 11 is 0. The average molecular weight is 387 g/mol. The van der Waals surface area contributed by atoms with E-state index in [1.54, 1.807) is 12.1 Å². The number of carbonyl (C=O) groups is 1. The summed E-state index contributed by atoms with van der Waals surface area (Å²) in [4.78, 5) is 17.4. The number of hydrogen-bond donors (Lipinski definition) is 0. The number of rotatable bonds is 4. The third-order valence-electron chi connectivity index (χ3n) is 4.99. The summed E-state index contributed by atoms with van der Waals surface area (Å²) in [5, 5.41) is 0. The molecule has 1 aliphatic rings. The minimum Gasteiger partial charge on any atom is -0.337 e. The van der Waals surface area contributed by atoms with E-state index in [4.69, 9.17) is 0 Å². The van der Waals surface area contributed by atoms with E-state index in [-0.39, 0.29) is 10.8 Å². The van der Waals surface area contributed by atoms with Gasteiger partial charge in [-0.1, -0.05) is 36.4 Å². The van der Waals surface area contributed by atoms with Crippen LogP contribution in [0, 0.1) is 6.92 Å². The molecule has 0 aliphatic carbocycles. The quantitative estimate of drug-likeness (QED) is 0.811. The van der Waals surface area contributed by atoms with Gasteiger partial charge in [-0.15, -0.1) is 0 Å². The predicted molar refractivity (Wildman–Crippen MR) is 107 cm³/mol. The molecule has 0 saturated carbocycles. The van der Waals surface area contributed by atoms with E-state index in [2.05, 4.69) is 17.0 Å². The Kier molecular flexibility index (Phi) is 5.97. The average Bonchev–Trinajstić information content (AvgIpc) is 2.87. The molecule has 1 amide bonds. The Morgan fingerprint density at radius 2 is 1.74 bits per heavy atom. The molecule has 0 aromatic heterocycles. The van der Waals surface area contributed by atoms with Crippen molar-refractivity contribution in [3.8, 4) is 0 Å². The van der Waals surface area contributed by atoms with Crippen molar-refractivity contribution >= 4 is 15.7 Å². The molecule has 5 nitrogen and oxygen atoms in total. The molecule has 6 heteroatoms. The molecule has 1 fully saturated rings. The van der Waals surface area contributed by atoms with Gasteiger partial charge in [-0.05, 0) is 36.6 Å². The molecule has 144 valence electrons. The first kappa shape index (κ1) is 19.6. The first-order chi connectivity index (χ1) is 12.8. The largest absolute Gasteiger partial charge is 0.337 e. The van der Waals surface area contributed by atoms with Crippen LogP contribution in [0.25, 0.3) is 0 Å². The van der Waals surface area contributed by atoms with Crippen molar-refractivity contribution in [2.24, 2.45) is 0 Å². The van der Waals surface area contributed by atoms with Crippen molar-refractivity contribution in [3.05, 3.63) is 65.2 Å². The normalized spacial score (nSPS) is 16.1. The fourth-order valence-electron chi connectivity index (χ4n) is 3.41. The minimum atomic E-state index is -3.34. The zero-order chi connectivity index (χ0) is 19.4. The van der Waals surface area contributed by atoms with Crippen molar-refractivity contribution in [1.29, 1.82) is 0 Å². The lowest BCUT2D eigenvalue weighted by Gasteiger charge is -2.23. The SMILES string of the molecule is Cc1ccc(S(C)(=O)=O)cc1C(=O)N1CCCN(Cc2ccccc2)CC1. The number of hydrogen-bond acceptors (Lipinski definition) is 4. The van der Waals surface area contributed by atoms with Crippen LogP contribution in [-0.4, -0.2) is 56.6 Å². The number of nitrogens with zero attached hydrogens (tertiary/aromatic N) is 2. The molecule has 0 bridgehead atoms. The monoisotopic (exact) mass is 386 g/mol. The van der Waals surface area contributed by atoms with Gasteiger partial charge in [0.1, 0.15) is 0 Å². The lowest BCUT2D eigenvalue weighted by atomic mass is 10.1. The van der Waals surface area contributed by atoms with Gasteiger partial charge in [0.25, 0.3) is 5.91 Å². The second-order valence-corrected chi connectivity index (χ2v) is 9.17. The number of carbonyl (C=O) groups excluding carboxylic acids is 1. The highest BCUT2D eigenvalue weighted by atomic mass is 32.2. The van der Waals surface area contributed by atoms with Gasteiger partial charge in [0.05, 0.1) is 4.90 Å². The minimum absolute atomic E-state index is 0.0837. The van der Waals surface area contributed by atoms with E-state index in [0.29, 0.717) is 18.7 Å². The van der Waals surface area contributed by atoms with Crippen LogP contribution in [0.1, 0.15) is 27.9 Å². The van der Waals surface area contributed by atoms with E-state index >= 15 is 0 Å². The molecular formula is C21H26N2O3S. The summed E-state index contributed by atoms with van der Waals surface area (Å²) < 4.78 is 23.7. The smallest absolute Gasteiger partial charge is 0.254 e. The van der Waals surface area contributed by atoms with Crippen LogP contribution >= 0.6 is 0 Å². The maximum atomic E-state index is 13.0. The Hall–Kier alpha value is -2.18. The molecule has 0 radical (unpaired) electrons. The zero-order valence-electron chi connectivity index (χ0n) is 15.9. The molecule has 1 saturated heterocycles. The topological polar surface area (TPSA) is 57.7 Å². The summed E-state index contributed by atoms with van der Waals surface area (Å²) in [5.41, 5.74) is 2.56. The van der Waals surface area contributed by atoms with Crippen molar-refractivity contribution in [1.82, 2.24) is 9.80 Å². The van der Waals surface area contributed by atoms with Crippen molar-refractivity contribution < 1.29 is 13.2 Å². The van der Waals surface area contributed by atoms with E-state index in [0.717, 1.165) is 31.6 Å². The Morgan fingerprint density at radius 1 is 1.00 bits per heavy atom. The summed E-state index contributed by atoms with van der Waals surface area (Å²) in [6.07, 6.45) is 2.07. The second kappa shape index (κ2) is 8.23. The van der Waals surface area contributed by atoms with Gasteiger partial charge >= 0.3 is 0 Å². The van der Waals surface area contributed by atoms with Gasteiger partial charge in [0.2, 0.25) is 0 Å². The Morgan fingerprint density at radius 3 is 2.44 bits per heavy atom. The molecule has 1 heterocycles. The van der Waals surface area contributed by atoms with E-state index in [9.17, 15) is 13.2 Å². The number of amides is 1. The van der Waals surface area contributed by atoms with Gasteiger partial charge in [-0.3, -0.25) is 9.69 Å². The van der Waals surface area contributed by atoms with Gasteiger partial charge in [-0.2, -0.15) is 0 Å². The maximum Gasteiger partial charge on any atom is 0.254 e. The van der Waals surface area contributed by atoms with Gasteiger partial charge in [-0.25, -0.2) is 8.42 Å². The highest BCUT2D eigenvalue weighted by Gasteiger charge is 2.22. The predicted octanol–water partition coefficient (Wildman–Crippen LogP) is 2.75. The number of aryl methyl sites for hydroxylation is 1. The van der Waals surface area contributed by atoms with Crippen LogP contribution in [-0.2, 0) is 16.4 Å². The van der Waals surface area contributed by atoms with Crippen molar-refractivity contribution in [2.75, 3.05) is 32.4 Å². The molecule has 0 spiro atoms. The first-order valence-corrected chi connectivity index (χ1v) is 11.1. The summed E-state index contributed by atoms with van der Waals surface area (Å²) in [5.74, 6) is -0.0837. The van der Waals surface area contributed by atoms with Crippen LogP contribution in [0.5, 0.6) is 0 Å². The molecule has 0 atom stereocenters. The van der Waals surface area contributed by atoms with Crippen LogP contribution < -0.4 is 0 Å². The van der Waals surface area contributed by atoms with Crippen molar-refractivity contribution in [2.45, 2.75) is 24.8 Å². The third kappa shape index (κ3) is 4.96. The number of sulfone groups is 1. The molecule has 2 aromatic rings. The number of benzene rings is 2. The zero-order valence-corrected chi connectivity index (χ0v) is 16.7. The lowest BCUT2D eigenvalue weighted by Crippen LogP contribution is -2.35. The van der Waals surface area contributed by atoms with Crippen molar-refractivity contribution in [3.63, 3.8) is 0 Å². The molecule has 2 aromatic carbocycles. The first-order valence-electron chi connectivity index (χ1n) is 9.21. The maximum absolute atomic E-state index is 13.0.